The number of Topliss-reactive ketones (excluding diaryl/α,β-unsaturated/α-hetero) is 1. The number of carbonyl (C=O) groups excluding carboxylic acids is 4. The number of imide groups is 1. The second kappa shape index (κ2) is 8.14. The number of hydrogen-bond acceptors (Lipinski definition) is 6. The van der Waals surface area contributed by atoms with Gasteiger partial charge in [-0.1, -0.05) is 12.2 Å². The van der Waals surface area contributed by atoms with Crippen LogP contribution < -0.4 is 4.90 Å². The van der Waals surface area contributed by atoms with Crippen molar-refractivity contribution in [3.8, 4) is 5.75 Å². The maximum atomic E-state index is 13.0. The predicted octanol–water partition coefficient (Wildman–Crippen LogP) is 3.03. The van der Waals surface area contributed by atoms with Crippen LogP contribution in [0.25, 0.3) is 0 Å². The number of benzene rings is 2. The molecule has 8 heteroatoms. The third-order valence-corrected chi connectivity index (χ3v) is 5.47. The molecule has 1 aliphatic carbocycles. The molecule has 2 aromatic rings. The van der Waals surface area contributed by atoms with E-state index in [9.17, 15) is 28.7 Å². The van der Waals surface area contributed by atoms with Crippen LogP contribution in [-0.2, 0) is 14.3 Å². The van der Waals surface area contributed by atoms with Crippen molar-refractivity contribution in [1.29, 1.82) is 0 Å². The van der Waals surface area contributed by atoms with Crippen LogP contribution in [-0.4, -0.2) is 35.3 Å². The molecule has 0 aromatic heterocycles. The van der Waals surface area contributed by atoms with Crippen LogP contribution in [0.15, 0.2) is 54.6 Å². The highest BCUT2D eigenvalue weighted by Crippen LogP contribution is 2.38. The van der Waals surface area contributed by atoms with Gasteiger partial charge in [-0.15, -0.1) is 0 Å². The fourth-order valence-corrected chi connectivity index (χ4v) is 3.81. The number of anilines is 1. The number of halogens is 1. The van der Waals surface area contributed by atoms with E-state index in [4.69, 9.17) is 4.74 Å². The Morgan fingerprint density at radius 1 is 1.00 bits per heavy atom. The average molecular weight is 423 g/mol. The van der Waals surface area contributed by atoms with Gasteiger partial charge >= 0.3 is 5.97 Å². The van der Waals surface area contributed by atoms with Crippen LogP contribution >= 0.6 is 0 Å². The van der Waals surface area contributed by atoms with E-state index in [1.54, 1.807) is 0 Å². The molecule has 0 spiro atoms. The van der Waals surface area contributed by atoms with Crippen LogP contribution in [0, 0.1) is 17.7 Å². The van der Waals surface area contributed by atoms with Crippen molar-refractivity contribution in [2.24, 2.45) is 11.8 Å². The number of fused-ring (bicyclic) bond motifs is 1. The van der Waals surface area contributed by atoms with E-state index in [0.29, 0.717) is 12.8 Å². The lowest BCUT2D eigenvalue weighted by Crippen LogP contribution is -2.31. The zero-order valence-corrected chi connectivity index (χ0v) is 16.3. The minimum atomic E-state index is -0.993. The van der Waals surface area contributed by atoms with E-state index in [2.05, 4.69) is 0 Å². The normalized spacial score (nSPS) is 20.0. The molecule has 1 fully saturated rings. The first kappa shape index (κ1) is 20.5. The van der Waals surface area contributed by atoms with Gasteiger partial charge in [0.05, 0.1) is 17.5 Å². The van der Waals surface area contributed by atoms with Gasteiger partial charge in [0.2, 0.25) is 11.8 Å². The third-order valence-electron chi connectivity index (χ3n) is 5.47. The lowest BCUT2D eigenvalue weighted by atomic mass is 9.85. The van der Waals surface area contributed by atoms with E-state index in [-0.39, 0.29) is 28.6 Å². The van der Waals surface area contributed by atoms with Crippen LogP contribution in [0.2, 0.25) is 0 Å². The van der Waals surface area contributed by atoms with E-state index in [0.717, 1.165) is 17.0 Å². The Morgan fingerprint density at radius 3 is 2.23 bits per heavy atom. The molecule has 0 saturated carbocycles. The van der Waals surface area contributed by atoms with Crippen LogP contribution in [0.1, 0.15) is 33.6 Å². The van der Waals surface area contributed by atoms with Crippen molar-refractivity contribution in [1.82, 2.24) is 0 Å². The molecule has 1 heterocycles. The number of phenols is 1. The summed E-state index contributed by atoms with van der Waals surface area (Å²) in [4.78, 5) is 51.1. The Bertz CT molecular complexity index is 1080. The molecule has 158 valence electrons. The Labute approximate surface area is 176 Å². The second-order valence-corrected chi connectivity index (χ2v) is 7.38. The number of esters is 1. The molecule has 2 aliphatic rings. The number of ketones is 1. The predicted molar refractivity (Wildman–Crippen MR) is 107 cm³/mol. The number of rotatable bonds is 5. The first-order valence-electron chi connectivity index (χ1n) is 9.68. The Kier molecular flexibility index (Phi) is 5.37. The summed E-state index contributed by atoms with van der Waals surface area (Å²) in [6.07, 6.45) is 4.69. The first-order valence-corrected chi connectivity index (χ1v) is 9.68. The minimum absolute atomic E-state index is 0.152. The Hall–Kier alpha value is -3.81. The molecular formula is C23H18FNO6. The Morgan fingerprint density at radius 2 is 1.61 bits per heavy atom. The highest BCUT2D eigenvalue weighted by Gasteiger charge is 2.48. The average Bonchev–Trinajstić information content (AvgIpc) is 3.03. The van der Waals surface area contributed by atoms with Gasteiger partial charge in [-0.05, 0) is 55.3 Å². The van der Waals surface area contributed by atoms with Crippen molar-refractivity contribution in [2.45, 2.75) is 12.8 Å². The van der Waals surface area contributed by atoms with E-state index < -0.39 is 41.8 Å². The third kappa shape index (κ3) is 3.84. The number of allylic oxidation sites excluding steroid dienone is 2. The quantitative estimate of drug-likeness (QED) is 0.343. The zero-order valence-electron chi connectivity index (χ0n) is 16.3. The smallest absolute Gasteiger partial charge is 0.342 e. The number of hydrogen-bond donors (Lipinski definition) is 1. The van der Waals surface area contributed by atoms with E-state index in [1.165, 1.54) is 30.3 Å². The summed E-state index contributed by atoms with van der Waals surface area (Å²) in [5.74, 6) is -4.03. The Balaban J connectivity index is 1.50. The van der Waals surface area contributed by atoms with Gasteiger partial charge in [0.15, 0.2) is 12.4 Å². The molecule has 2 amide bonds. The van der Waals surface area contributed by atoms with E-state index >= 15 is 0 Å². The molecule has 7 nitrogen and oxygen atoms in total. The summed E-state index contributed by atoms with van der Waals surface area (Å²) >= 11 is 0. The fraction of sp³-hybridized carbons (Fsp3) is 0.217. The summed E-state index contributed by atoms with van der Waals surface area (Å²) in [6, 6.07) is 8.51. The van der Waals surface area contributed by atoms with Crippen LogP contribution in [0.4, 0.5) is 10.1 Å². The largest absolute Gasteiger partial charge is 0.507 e. The molecule has 0 unspecified atom stereocenters. The number of carbonyl (C=O) groups is 4. The van der Waals surface area contributed by atoms with Crippen molar-refractivity contribution in [3.05, 3.63) is 71.6 Å². The zero-order chi connectivity index (χ0) is 22.1. The number of ether oxygens (including phenoxy) is 1. The molecule has 4 rings (SSSR count). The number of aromatic hydroxyl groups is 1. The van der Waals surface area contributed by atoms with E-state index in [1.807, 2.05) is 12.2 Å². The van der Waals surface area contributed by atoms with Crippen molar-refractivity contribution in [2.75, 3.05) is 11.5 Å². The lowest BCUT2D eigenvalue weighted by Gasteiger charge is -2.16. The molecule has 1 aliphatic heterocycles. The van der Waals surface area contributed by atoms with Crippen molar-refractivity contribution < 1.29 is 33.4 Å². The van der Waals surface area contributed by atoms with Gasteiger partial charge in [-0.3, -0.25) is 19.3 Å². The number of phenolic OH excluding ortho intramolecular Hbond substituents is 1. The molecule has 0 radical (unpaired) electrons. The van der Waals surface area contributed by atoms with Crippen LogP contribution in [0.3, 0.4) is 0 Å². The van der Waals surface area contributed by atoms with Crippen LogP contribution in [0.5, 0.6) is 5.75 Å². The molecule has 1 saturated heterocycles. The van der Waals surface area contributed by atoms with Gasteiger partial charge in [-0.25, -0.2) is 9.18 Å². The van der Waals surface area contributed by atoms with Crippen molar-refractivity contribution in [3.63, 3.8) is 0 Å². The fourth-order valence-electron chi connectivity index (χ4n) is 3.81. The second-order valence-electron chi connectivity index (χ2n) is 7.38. The van der Waals surface area contributed by atoms with Gasteiger partial charge < -0.3 is 9.84 Å². The highest BCUT2D eigenvalue weighted by molar-refractivity contribution is 6.22. The SMILES string of the molecule is O=C(COC(=O)c1cc(N2C(=O)[C@@H]3CC=CC[C@H]3C2=O)ccc1O)c1ccc(F)cc1. The molecular weight excluding hydrogens is 405 g/mol. The first-order chi connectivity index (χ1) is 14.9. The molecule has 31 heavy (non-hydrogen) atoms. The summed E-state index contributed by atoms with van der Waals surface area (Å²) in [7, 11) is 0. The number of nitrogens with zero attached hydrogens (tertiary/aromatic N) is 1. The molecule has 0 bridgehead atoms. The lowest BCUT2D eigenvalue weighted by molar-refractivity contribution is -0.122. The molecule has 2 aromatic carbocycles. The van der Waals surface area contributed by atoms with Gasteiger partial charge in [-0.2, -0.15) is 0 Å². The maximum absolute atomic E-state index is 13.0. The number of amides is 2. The van der Waals surface area contributed by atoms with Crippen molar-refractivity contribution >= 4 is 29.3 Å². The topological polar surface area (TPSA) is 101 Å². The summed E-state index contributed by atoms with van der Waals surface area (Å²) in [5.41, 5.74) is 0.0358. The molecule has 1 N–H and O–H groups in total. The molecule has 2 atom stereocenters. The minimum Gasteiger partial charge on any atom is -0.507 e. The standard InChI is InChI=1S/C23H18FNO6/c24-14-7-5-13(6-8-14)20(27)12-31-23(30)18-11-15(9-10-19(18)26)25-21(28)16-3-1-2-4-17(16)22(25)29/h1-2,5-11,16-17,26H,3-4,12H2/t16-,17-/m1/s1. The summed E-state index contributed by atoms with van der Waals surface area (Å²) in [5, 5.41) is 10.1. The highest BCUT2D eigenvalue weighted by atomic mass is 19.1. The van der Waals surface area contributed by atoms with Gasteiger partial charge in [0.25, 0.3) is 0 Å². The monoisotopic (exact) mass is 423 g/mol. The maximum Gasteiger partial charge on any atom is 0.342 e. The summed E-state index contributed by atoms with van der Waals surface area (Å²) in [6.45, 7) is -0.620. The summed E-state index contributed by atoms with van der Waals surface area (Å²) < 4.78 is 17.9. The van der Waals surface area contributed by atoms with Gasteiger partial charge in [0, 0.05) is 5.56 Å². The van der Waals surface area contributed by atoms with Gasteiger partial charge in [0.1, 0.15) is 17.1 Å².